The van der Waals surface area contributed by atoms with Gasteiger partial charge in [-0.3, -0.25) is 0 Å². The summed E-state index contributed by atoms with van der Waals surface area (Å²) in [4.78, 5) is 0. The number of benzene rings is 1. The van der Waals surface area contributed by atoms with Gasteiger partial charge < -0.3 is 9.73 Å². The van der Waals surface area contributed by atoms with Crippen molar-refractivity contribution in [2.24, 2.45) is 0 Å². The van der Waals surface area contributed by atoms with Crippen LogP contribution < -0.4 is 5.32 Å². The summed E-state index contributed by atoms with van der Waals surface area (Å²) in [5.74, 6) is 1.19. The summed E-state index contributed by atoms with van der Waals surface area (Å²) in [5.41, 5.74) is 0.515. The van der Waals surface area contributed by atoms with Crippen LogP contribution in [0.5, 0.6) is 0 Å². The van der Waals surface area contributed by atoms with Crippen LogP contribution >= 0.6 is 12.4 Å². The molecule has 0 atom stereocenters. The van der Waals surface area contributed by atoms with E-state index in [1.807, 2.05) is 18.2 Å². The van der Waals surface area contributed by atoms with Gasteiger partial charge in [0.05, 0.1) is 12.1 Å². The third-order valence-electron chi connectivity index (χ3n) is 3.31. The van der Waals surface area contributed by atoms with Crippen LogP contribution in [0.1, 0.15) is 38.4 Å². The minimum absolute atomic E-state index is 0. The Bertz CT molecular complexity index is 527. The maximum Gasteiger partial charge on any atom is 0.137 e. The smallest absolute Gasteiger partial charge is 0.137 e. The van der Waals surface area contributed by atoms with E-state index in [-0.39, 0.29) is 18.2 Å². The van der Waals surface area contributed by atoms with Crippen molar-refractivity contribution in [2.75, 3.05) is 6.54 Å². The van der Waals surface area contributed by atoms with E-state index in [0.717, 1.165) is 12.3 Å². The lowest BCUT2D eigenvalue weighted by Crippen LogP contribution is -2.14. The lowest BCUT2D eigenvalue weighted by Gasteiger charge is -2.02. The first-order valence-corrected chi connectivity index (χ1v) is 7.35. The predicted octanol–water partition coefficient (Wildman–Crippen LogP) is 5.18. The van der Waals surface area contributed by atoms with Gasteiger partial charge in [0.15, 0.2) is 0 Å². The number of nitrogens with one attached hydrogen (secondary N) is 1. The van der Waals surface area contributed by atoms with Crippen LogP contribution in [0.15, 0.2) is 40.8 Å². The number of hydrogen-bond donors (Lipinski definition) is 1. The van der Waals surface area contributed by atoms with Gasteiger partial charge in [-0.25, -0.2) is 4.39 Å². The van der Waals surface area contributed by atoms with Crippen LogP contribution in [0, 0.1) is 5.82 Å². The van der Waals surface area contributed by atoms with Gasteiger partial charge in [0.25, 0.3) is 0 Å². The van der Waals surface area contributed by atoms with E-state index in [4.69, 9.17) is 4.42 Å². The molecule has 1 N–H and O–H groups in total. The molecule has 116 valence electrons. The van der Waals surface area contributed by atoms with Crippen LogP contribution in [0.3, 0.4) is 0 Å². The standard InChI is InChI=1S/C17H22FNO.ClH/c1-2-3-4-7-12-19-13-14-10-11-17(20-14)15-8-5-6-9-16(15)18;/h5-6,8-11,19H,2-4,7,12-13H2,1H3;1H. The molecule has 2 rings (SSSR count). The van der Waals surface area contributed by atoms with Crippen molar-refractivity contribution in [2.45, 2.75) is 39.2 Å². The molecule has 1 aromatic heterocycles. The van der Waals surface area contributed by atoms with Crippen LogP contribution in [-0.2, 0) is 6.54 Å². The fourth-order valence-corrected chi connectivity index (χ4v) is 2.17. The molecular weight excluding hydrogens is 289 g/mol. The Balaban J connectivity index is 0.00000220. The van der Waals surface area contributed by atoms with Gasteiger partial charge in [0, 0.05) is 0 Å². The first kappa shape index (κ1) is 17.7. The summed E-state index contributed by atoms with van der Waals surface area (Å²) >= 11 is 0. The second-order valence-electron chi connectivity index (χ2n) is 4.98. The van der Waals surface area contributed by atoms with Gasteiger partial charge in [-0.1, -0.05) is 38.3 Å². The molecule has 0 fully saturated rings. The average molecular weight is 312 g/mol. The van der Waals surface area contributed by atoms with Gasteiger partial charge in [-0.2, -0.15) is 0 Å². The summed E-state index contributed by atoms with van der Waals surface area (Å²) < 4.78 is 19.3. The lowest BCUT2D eigenvalue weighted by atomic mass is 10.1. The fraction of sp³-hybridized carbons (Fsp3) is 0.412. The molecule has 0 saturated heterocycles. The SMILES string of the molecule is CCCCCCNCc1ccc(-c2ccccc2F)o1.Cl. The largest absolute Gasteiger partial charge is 0.460 e. The summed E-state index contributed by atoms with van der Waals surface area (Å²) in [7, 11) is 0. The zero-order valence-corrected chi connectivity index (χ0v) is 13.2. The molecule has 0 aliphatic rings. The maximum atomic E-state index is 13.6. The zero-order valence-electron chi connectivity index (χ0n) is 12.4. The van der Waals surface area contributed by atoms with Gasteiger partial charge in [0.1, 0.15) is 17.3 Å². The Kier molecular flexibility index (Phi) is 8.09. The topological polar surface area (TPSA) is 25.2 Å². The number of rotatable bonds is 8. The molecule has 0 amide bonds. The highest BCUT2D eigenvalue weighted by Crippen LogP contribution is 2.24. The van der Waals surface area contributed by atoms with Crippen LogP contribution in [0.25, 0.3) is 11.3 Å². The minimum atomic E-state index is -0.249. The maximum absolute atomic E-state index is 13.6. The molecule has 1 heterocycles. The summed E-state index contributed by atoms with van der Waals surface area (Å²) in [6.45, 7) is 3.90. The molecule has 4 heteroatoms. The van der Waals surface area contributed by atoms with Crippen molar-refractivity contribution in [3.63, 3.8) is 0 Å². The molecule has 0 aliphatic heterocycles. The first-order valence-electron chi connectivity index (χ1n) is 7.35. The normalized spacial score (nSPS) is 10.4. The average Bonchev–Trinajstić information content (AvgIpc) is 2.92. The zero-order chi connectivity index (χ0) is 14.2. The molecular formula is C17H23ClFNO. The first-order chi connectivity index (χ1) is 9.81. The quantitative estimate of drug-likeness (QED) is 0.680. The second kappa shape index (κ2) is 9.59. The molecule has 1 aromatic carbocycles. The molecule has 0 aliphatic carbocycles. The van der Waals surface area contributed by atoms with E-state index >= 15 is 0 Å². The Labute approximate surface area is 132 Å². The van der Waals surface area contributed by atoms with E-state index in [1.54, 1.807) is 12.1 Å². The van der Waals surface area contributed by atoms with Crippen molar-refractivity contribution < 1.29 is 8.81 Å². The Morgan fingerprint density at radius 1 is 1.05 bits per heavy atom. The van der Waals surface area contributed by atoms with E-state index in [1.165, 1.54) is 31.7 Å². The highest BCUT2D eigenvalue weighted by Gasteiger charge is 2.08. The van der Waals surface area contributed by atoms with E-state index < -0.39 is 0 Å². The number of unbranched alkanes of at least 4 members (excludes halogenated alkanes) is 3. The number of halogens is 2. The lowest BCUT2D eigenvalue weighted by molar-refractivity contribution is 0.484. The van der Waals surface area contributed by atoms with Crippen molar-refractivity contribution in [1.29, 1.82) is 0 Å². The Hall–Kier alpha value is -1.32. The van der Waals surface area contributed by atoms with E-state index in [9.17, 15) is 4.39 Å². The van der Waals surface area contributed by atoms with Gasteiger partial charge in [-0.05, 0) is 37.2 Å². The molecule has 0 spiro atoms. The predicted molar refractivity (Wildman–Crippen MR) is 87.2 cm³/mol. The van der Waals surface area contributed by atoms with Gasteiger partial charge >= 0.3 is 0 Å². The van der Waals surface area contributed by atoms with Crippen molar-refractivity contribution >= 4 is 12.4 Å². The fourth-order valence-electron chi connectivity index (χ4n) is 2.17. The van der Waals surface area contributed by atoms with Crippen molar-refractivity contribution in [3.05, 3.63) is 48.0 Å². The molecule has 0 radical (unpaired) electrons. The Morgan fingerprint density at radius 3 is 2.62 bits per heavy atom. The molecule has 0 unspecified atom stereocenters. The van der Waals surface area contributed by atoms with Crippen molar-refractivity contribution in [3.8, 4) is 11.3 Å². The van der Waals surface area contributed by atoms with Crippen molar-refractivity contribution in [1.82, 2.24) is 5.32 Å². The highest BCUT2D eigenvalue weighted by molar-refractivity contribution is 5.85. The number of hydrogen-bond acceptors (Lipinski definition) is 2. The molecule has 0 bridgehead atoms. The summed E-state index contributed by atoms with van der Waals surface area (Å²) in [5, 5.41) is 3.35. The number of furan rings is 1. The monoisotopic (exact) mass is 311 g/mol. The summed E-state index contributed by atoms with van der Waals surface area (Å²) in [6, 6.07) is 10.4. The molecule has 21 heavy (non-hydrogen) atoms. The van der Waals surface area contributed by atoms with Gasteiger partial charge in [0.2, 0.25) is 0 Å². The second-order valence-corrected chi connectivity index (χ2v) is 4.98. The third-order valence-corrected chi connectivity index (χ3v) is 3.31. The Morgan fingerprint density at radius 2 is 1.86 bits per heavy atom. The summed E-state index contributed by atoms with van der Waals surface area (Å²) in [6.07, 6.45) is 5.00. The molecule has 2 nitrogen and oxygen atoms in total. The van der Waals surface area contributed by atoms with Gasteiger partial charge in [-0.15, -0.1) is 12.4 Å². The van der Waals surface area contributed by atoms with E-state index in [2.05, 4.69) is 12.2 Å². The van der Waals surface area contributed by atoms with E-state index in [0.29, 0.717) is 17.9 Å². The van der Waals surface area contributed by atoms with Crippen LogP contribution in [-0.4, -0.2) is 6.54 Å². The van der Waals surface area contributed by atoms with Crippen LogP contribution in [0.2, 0.25) is 0 Å². The minimum Gasteiger partial charge on any atom is -0.460 e. The van der Waals surface area contributed by atoms with Crippen LogP contribution in [0.4, 0.5) is 4.39 Å². The molecule has 2 aromatic rings. The highest BCUT2D eigenvalue weighted by atomic mass is 35.5. The third kappa shape index (κ3) is 5.52. The molecule has 0 saturated carbocycles.